The van der Waals surface area contributed by atoms with E-state index in [1.54, 1.807) is 17.0 Å². The van der Waals surface area contributed by atoms with Crippen LogP contribution in [-0.4, -0.2) is 35.7 Å². The molecule has 0 spiro atoms. The maximum absolute atomic E-state index is 12.6. The quantitative estimate of drug-likeness (QED) is 0.611. The van der Waals surface area contributed by atoms with Crippen LogP contribution in [0, 0.1) is 12.8 Å². The number of benzene rings is 2. The standard InChI is InChI=1S/C25H31N3O3/c1-3-4-13-26-24(30)21-11-9-19(10-12-21)15-27-25(31)22-14-23(29)28(17-22)16-20-7-5-18(2)6-8-20/h5-12,22H,3-4,13-17H2,1-2H3,(H,26,30)(H,27,31). The number of amides is 3. The van der Waals surface area contributed by atoms with E-state index in [1.165, 1.54) is 5.56 Å². The summed E-state index contributed by atoms with van der Waals surface area (Å²) in [4.78, 5) is 38.7. The Labute approximate surface area is 184 Å². The number of hydrogen-bond acceptors (Lipinski definition) is 3. The predicted molar refractivity (Wildman–Crippen MR) is 120 cm³/mol. The Morgan fingerprint density at radius 2 is 1.68 bits per heavy atom. The van der Waals surface area contributed by atoms with Crippen LogP contribution < -0.4 is 10.6 Å². The number of likely N-dealkylation sites (tertiary alicyclic amines) is 1. The second-order valence-corrected chi connectivity index (χ2v) is 8.19. The molecule has 31 heavy (non-hydrogen) atoms. The largest absolute Gasteiger partial charge is 0.352 e. The van der Waals surface area contributed by atoms with Crippen LogP contribution in [0.25, 0.3) is 0 Å². The molecular weight excluding hydrogens is 390 g/mol. The molecular formula is C25H31N3O3. The highest BCUT2D eigenvalue weighted by Gasteiger charge is 2.34. The first-order valence-corrected chi connectivity index (χ1v) is 10.9. The van der Waals surface area contributed by atoms with Crippen molar-refractivity contribution >= 4 is 17.7 Å². The second-order valence-electron chi connectivity index (χ2n) is 8.19. The van der Waals surface area contributed by atoms with Crippen molar-refractivity contribution in [3.63, 3.8) is 0 Å². The van der Waals surface area contributed by atoms with E-state index >= 15 is 0 Å². The van der Waals surface area contributed by atoms with Crippen LogP contribution >= 0.6 is 0 Å². The number of unbranched alkanes of at least 4 members (excludes halogenated alkanes) is 1. The smallest absolute Gasteiger partial charge is 0.251 e. The third-order valence-corrected chi connectivity index (χ3v) is 5.58. The summed E-state index contributed by atoms with van der Waals surface area (Å²) in [6.07, 6.45) is 2.24. The minimum atomic E-state index is -0.332. The number of carbonyl (C=O) groups excluding carboxylic acids is 3. The van der Waals surface area contributed by atoms with Gasteiger partial charge in [-0.15, -0.1) is 0 Å². The average Bonchev–Trinajstić information content (AvgIpc) is 3.14. The fraction of sp³-hybridized carbons (Fsp3) is 0.400. The first-order chi connectivity index (χ1) is 15.0. The van der Waals surface area contributed by atoms with Crippen LogP contribution in [0.2, 0.25) is 0 Å². The van der Waals surface area contributed by atoms with Gasteiger partial charge in [-0.2, -0.15) is 0 Å². The Morgan fingerprint density at radius 3 is 2.35 bits per heavy atom. The van der Waals surface area contributed by atoms with Gasteiger partial charge in [0.1, 0.15) is 0 Å². The summed E-state index contributed by atoms with van der Waals surface area (Å²) in [7, 11) is 0. The van der Waals surface area contributed by atoms with E-state index in [2.05, 4.69) is 17.6 Å². The molecule has 1 saturated heterocycles. The summed E-state index contributed by atoms with van der Waals surface area (Å²) in [5.74, 6) is -0.510. The molecule has 0 radical (unpaired) electrons. The Hall–Kier alpha value is -3.15. The number of hydrogen-bond donors (Lipinski definition) is 2. The number of carbonyl (C=O) groups is 3. The highest BCUT2D eigenvalue weighted by atomic mass is 16.2. The van der Waals surface area contributed by atoms with Gasteiger partial charge in [0, 0.05) is 38.2 Å². The van der Waals surface area contributed by atoms with Crippen LogP contribution in [-0.2, 0) is 22.7 Å². The van der Waals surface area contributed by atoms with Crippen molar-refractivity contribution in [2.24, 2.45) is 5.92 Å². The fourth-order valence-electron chi connectivity index (χ4n) is 3.60. The summed E-state index contributed by atoms with van der Waals surface area (Å²) in [5.41, 5.74) is 3.77. The number of rotatable bonds is 9. The van der Waals surface area contributed by atoms with E-state index in [0.29, 0.717) is 31.7 Å². The molecule has 0 bridgehead atoms. The van der Waals surface area contributed by atoms with Crippen LogP contribution in [0.1, 0.15) is 53.2 Å². The number of aryl methyl sites for hydroxylation is 1. The van der Waals surface area contributed by atoms with Gasteiger partial charge < -0.3 is 15.5 Å². The molecule has 2 aromatic carbocycles. The highest BCUT2D eigenvalue weighted by Crippen LogP contribution is 2.21. The van der Waals surface area contributed by atoms with Crippen molar-refractivity contribution in [3.8, 4) is 0 Å². The molecule has 0 aliphatic carbocycles. The average molecular weight is 422 g/mol. The molecule has 1 fully saturated rings. The molecule has 0 aromatic heterocycles. The van der Waals surface area contributed by atoms with E-state index in [0.717, 1.165) is 24.0 Å². The minimum absolute atomic E-state index is 0.0131. The van der Waals surface area contributed by atoms with Gasteiger partial charge in [0.2, 0.25) is 11.8 Å². The summed E-state index contributed by atoms with van der Waals surface area (Å²) >= 11 is 0. The lowest BCUT2D eigenvalue weighted by Gasteiger charge is -2.17. The van der Waals surface area contributed by atoms with Crippen LogP contribution in [0.4, 0.5) is 0 Å². The molecule has 1 unspecified atom stereocenters. The summed E-state index contributed by atoms with van der Waals surface area (Å²) in [6, 6.07) is 15.3. The van der Waals surface area contributed by atoms with Crippen molar-refractivity contribution in [2.75, 3.05) is 13.1 Å². The predicted octanol–water partition coefficient (Wildman–Crippen LogP) is 3.19. The molecule has 2 aromatic rings. The topological polar surface area (TPSA) is 78.5 Å². The molecule has 1 aliphatic heterocycles. The SMILES string of the molecule is CCCCNC(=O)c1ccc(CNC(=O)C2CC(=O)N(Cc3ccc(C)cc3)C2)cc1. The van der Waals surface area contributed by atoms with E-state index in [-0.39, 0.29) is 30.1 Å². The lowest BCUT2D eigenvalue weighted by Crippen LogP contribution is -2.32. The van der Waals surface area contributed by atoms with Gasteiger partial charge in [0.05, 0.1) is 5.92 Å². The zero-order chi connectivity index (χ0) is 22.2. The van der Waals surface area contributed by atoms with Crippen LogP contribution in [0.5, 0.6) is 0 Å². The summed E-state index contributed by atoms with van der Waals surface area (Å²) in [5, 5.41) is 5.82. The van der Waals surface area contributed by atoms with Gasteiger partial charge in [-0.1, -0.05) is 55.3 Å². The van der Waals surface area contributed by atoms with E-state index < -0.39 is 0 Å². The van der Waals surface area contributed by atoms with E-state index in [9.17, 15) is 14.4 Å². The van der Waals surface area contributed by atoms with E-state index in [1.807, 2.05) is 43.3 Å². The minimum Gasteiger partial charge on any atom is -0.352 e. The third-order valence-electron chi connectivity index (χ3n) is 5.58. The maximum atomic E-state index is 12.6. The van der Waals surface area contributed by atoms with Crippen molar-refractivity contribution in [1.29, 1.82) is 0 Å². The van der Waals surface area contributed by atoms with Crippen molar-refractivity contribution in [3.05, 3.63) is 70.8 Å². The Balaban J connectivity index is 1.46. The Morgan fingerprint density at radius 1 is 1.00 bits per heavy atom. The summed E-state index contributed by atoms with van der Waals surface area (Å²) in [6.45, 7) is 6.13. The number of nitrogens with zero attached hydrogens (tertiary/aromatic N) is 1. The molecule has 1 heterocycles. The van der Waals surface area contributed by atoms with Gasteiger partial charge in [0.25, 0.3) is 5.91 Å². The van der Waals surface area contributed by atoms with Crippen molar-refractivity contribution < 1.29 is 14.4 Å². The maximum Gasteiger partial charge on any atom is 0.251 e. The normalized spacial score (nSPS) is 15.7. The fourth-order valence-corrected chi connectivity index (χ4v) is 3.60. The third kappa shape index (κ3) is 6.41. The molecule has 6 heteroatoms. The lowest BCUT2D eigenvalue weighted by molar-refractivity contribution is -0.129. The van der Waals surface area contributed by atoms with Crippen LogP contribution in [0.15, 0.2) is 48.5 Å². The zero-order valence-electron chi connectivity index (χ0n) is 18.3. The first-order valence-electron chi connectivity index (χ1n) is 10.9. The zero-order valence-corrected chi connectivity index (χ0v) is 18.3. The van der Waals surface area contributed by atoms with Gasteiger partial charge in [-0.3, -0.25) is 14.4 Å². The Kier molecular flexibility index (Phi) is 7.82. The molecule has 2 N–H and O–H groups in total. The summed E-state index contributed by atoms with van der Waals surface area (Å²) < 4.78 is 0. The first kappa shape index (κ1) is 22.5. The Bertz CT molecular complexity index is 907. The van der Waals surface area contributed by atoms with Gasteiger partial charge in [0.15, 0.2) is 0 Å². The van der Waals surface area contributed by atoms with Gasteiger partial charge in [-0.05, 0) is 36.6 Å². The highest BCUT2D eigenvalue weighted by molar-refractivity contribution is 5.94. The molecule has 3 rings (SSSR count). The molecule has 1 atom stereocenters. The molecule has 6 nitrogen and oxygen atoms in total. The molecule has 0 saturated carbocycles. The van der Waals surface area contributed by atoms with Gasteiger partial charge in [-0.25, -0.2) is 0 Å². The van der Waals surface area contributed by atoms with Crippen molar-refractivity contribution in [2.45, 2.75) is 46.2 Å². The lowest BCUT2D eigenvalue weighted by atomic mass is 10.1. The number of nitrogens with one attached hydrogen (secondary N) is 2. The second kappa shape index (κ2) is 10.8. The molecule has 1 aliphatic rings. The van der Waals surface area contributed by atoms with Crippen LogP contribution in [0.3, 0.4) is 0 Å². The van der Waals surface area contributed by atoms with Gasteiger partial charge >= 0.3 is 0 Å². The molecule has 3 amide bonds. The van der Waals surface area contributed by atoms with Crippen molar-refractivity contribution in [1.82, 2.24) is 15.5 Å². The monoisotopic (exact) mass is 421 g/mol. The molecule has 164 valence electrons. The van der Waals surface area contributed by atoms with E-state index in [4.69, 9.17) is 0 Å².